The van der Waals surface area contributed by atoms with Crippen molar-refractivity contribution in [3.63, 3.8) is 0 Å². The van der Waals surface area contributed by atoms with Crippen molar-refractivity contribution in [2.75, 3.05) is 6.61 Å². The first-order valence-corrected chi connectivity index (χ1v) is 7.95. The number of carbonyl (C=O) groups excluding carboxylic acids is 1. The van der Waals surface area contributed by atoms with Crippen molar-refractivity contribution in [3.05, 3.63) is 35.4 Å². The average Bonchev–Trinajstić information content (AvgIpc) is 2.46. The highest BCUT2D eigenvalue weighted by Gasteiger charge is 2.22. The van der Waals surface area contributed by atoms with Gasteiger partial charge in [-0.2, -0.15) is 0 Å². The van der Waals surface area contributed by atoms with Crippen LogP contribution in [0.1, 0.15) is 56.5 Å². The van der Waals surface area contributed by atoms with Crippen LogP contribution in [0.4, 0.5) is 0 Å². The second-order valence-electron chi connectivity index (χ2n) is 6.79. The summed E-state index contributed by atoms with van der Waals surface area (Å²) < 4.78 is 5.12. The van der Waals surface area contributed by atoms with E-state index in [2.05, 4.69) is 26.1 Å². The normalized spacial score (nSPS) is 12.7. The fourth-order valence-corrected chi connectivity index (χ4v) is 2.18. The third-order valence-corrected chi connectivity index (χ3v) is 3.48. The van der Waals surface area contributed by atoms with E-state index in [1.807, 2.05) is 6.07 Å². The van der Waals surface area contributed by atoms with Gasteiger partial charge in [-0.3, -0.25) is 4.79 Å². The van der Waals surface area contributed by atoms with Crippen LogP contribution in [0.3, 0.4) is 0 Å². The lowest BCUT2D eigenvalue weighted by Gasteiger charge is -2.23. The van der Waals surface area contributed by atoms with E-state index in [4.69, 9.17) is 9.84 Å². The highest BCUT2D eigenvalue weighted by molar-refractivity contribution is 5.87. The van der Waals surface area contributed by atoms with Gasteiger partial charge in [-0.1, -0.05) is 32.9 Å². The minimum atomic E-state index is -0.957. The highest BCUT2D eigenvalue weighted by atomic mass is 16.5. The van der Waals surface area contributed by atoms with Crippen molar-refractivity contribution in [3.8, 4) is 0 Å². The number of hydrogen-bond acceptors (Lipinski definition) is 4. The first kappa shape index (κ1) is 19.2. The van der Waals surface area contributed by atoms with Crippen molar-refractivity contribution < 1.29 is 19.4 Å². The predicted molar refractivity (Wildman–Crippen MR) is 89.4 cm³/mol. The quantitative estimate of drug-likeness (QED) is 0.719. The number of benzene rings is 1. The van der Waals surface area contributed by atoms with E-state index in [1.165, 1.54) is 0 Å². The van der Waals surface area contributed by atoms with Crippen LogP contribution < -0.4 is 5.32 Å². The molecule has 1 aromatic rings. The molecule has 1 atom stereocenters. The number of aromatic carboxylic acids is 1. The summed E-state index contributed by atoms with van der Waals surface area (Å²) in [6.07, 6.45) is 1.57. The molecule has 0 radical (unpaired) electrons. The maximum atomic E-state index is 12.1. The largest absolute Gasteiger partial charge is 0.478 e. The molecular weight excluding hydrogens is 294 g/mol. The molecule has 0 fully saturated rings. The third-order valence-electron chi connectivity index (χ3n) is 3.48. The van der Waals surface area contributed by atoms with Gasteiger partial charge in [-0.05, 0) is 42.9 Å². The number of carbonyl (C=O) groups is 2. The Kier molecular flexibility index (Phi) is 7.23. The zero-order valence-corrected chi connectivity index (χ0v) is 14.4. The first-order valence-electron chi connectivity index (χ1n) is 7.95. The summed E-state index contributed by atoms with van der Waals surface area (Å²) in [6.45, 7) is 8.95. The molecule has 0 saturated carbocycles. The molecule has 128 valence electrons. The minimum Gasteiger partial charge on any atom is -0.478 e. The second-order valence-corrected chi connectivity index (χ2v) is 6.79. The van der Waals surface area contributed by atoms with E-state index in [1.54, 1.807) is 25.1 Å². The van der Waals surface area contributed by atoms with Gasteiger partial charge in [0.05, 0.1) is 12.2 Å². The Labute approximate surface area is 138 Å². The number of nitrogens with one attached hydrogen (secondary N) is 1. The number of ether oxygens (including phenoxy) is 1. The molecule has 1 unspecified atom stereocenters. The van der Waals surface area contributed by atoms with Crippen LogP contribution in [0, 0.1) is 5.41 Å². The summed E-state index contributed by atoms with van der Waals surface area (Å²) in [4.78, 5) is 23.1. The zero-order valence-electron chi connectivity index (χ0n) is 14.4. The van der Waals surface area contributed by atoms with Crippen LogP contribution >= 0.6 is 0 Å². The fraction of sp³-hybridized carbons (Fsp3) is 0.556. The molecule has 5 heteroatoms. The Bertz CT molecular complexity index is 534. The molecule has 0 aliphatic carbocycles. The Morgan fingerprint density at radius 2 is 2.00 bits per heavy atom. The summed E-state index contributed by atoms with van der Waals surface area (Å²) in [5, 5.41) is 12.2. The van der Waals surface area contributed by atoms with E-state index in [0.29, 0.717) is 19.6 Å². The molecule has 0 spiro atoms. The summed E-state index contributed by atoms with van der Waals surface area (Å²) in [7, 11) is 0. The Morgan fingerprint density at radius 3 is 2.57 bits per heavy atom. The van der Waals surface area contributed by atoms with E-state index in [0.717, 1.165) is 12.0 Å². The minimum absolute atomic E-state index is 0.135. The topological polar surface area (TPSA) is 75.6 Å². The molecule has 0 aromatic heterocycles. The Morgan fingerprint density at radius 1 is 1.30 bits per heavy atom. The molecule has 1 rings (SSSR count). The van der Waals surface area contributed by atoms with Crippen molar-refractivity contribution >= 4 is 11.9 Å². The molecule has 5 nitrogen and oxygen atoms in total. The van der Waals surface area contributed by atoms with Gasteiger partial charge in [0, 0.05) is 6.54 Å². The van der Waals surface area contributed by atoms with Crippen molar-refractivity contribution in [1.29, 1.82) is 0 Å². The molecule has 0 saturated heterocycles. The van der Waals surface area contributed by atoms with E-state index >= 15 is 0 Å². The summed E-state index contributed by atoms with van der Waals surface area (Å²) >= 11 is 0. The lowest BCUT2D eigenvalue weighted by Crippen LogP contribution is -2.38. The van der Waals surface area contributed by atoms with Crippen LogP contribution in [0.2, 0.25) is 0 Å². The van der Waals surface area contributed by atoms with Gasteiger partial charge < -0.3 is 15.2 Å². The van der Waals surface area contributed by atoms with Gasteiger partial charge in [0.2, 0.25) is 0 Å². The molecule has 0 aliphatic rings. The van der Waals surface area contributed by atoms with Gasteiger partial charge in [-0.25, -0.2) is 4.79 Å². The average molecular weight is 321 g/mol. The molecule has 23 heavy (non-hydrogen) atoms. The molecule has 0 bridgehead atoms. The van der Waals surface area contributed by atoms with E-state index in [9.17, 15) is 9.59 Å². The van der Waals surface area contributed by atoms with Crippen molar-refractivity contribution in [1.82, 2.24) is 5.32 Å². The summed E-state index contributed by atoms with van der Waals surface area (Å²) in [5.74, 6) is -1.22. The smallest absolute Gasteiger partial charge is 0.335 e. The summed E-state index contributed by atoms with van der Waals surface area (Å²) in [5.41, 5.74) is 1.21. The van der Waals surface area contributed by atoms with Crippen molar-refractivity contribution in [2.24, 2.45) is 5.41 Å². The molecule has 0 heterocycles. The van der Waals surface area contributed by atoms with Gasteiger partial charge in [-0.15, -0.1) is 0 Å². The van der Waals surface area contributed by atoms with Crippen LogP contribution in [-0.2, 0) is 16.1 Å². The molecule has 0 amide bonds. The van der Waals surface area contributed by atoms with Crippen LogP contribution in [-0.4, -0.2) is 29.7 Å². The van der Waals surface area contributed by atoms with Crippen molar-refractivity contribution in [2.45, 2.75) is 53.1 Å². The van der Waals surface area contributed by atoms with E-state index in [-0.39, 0.29) is 23.0 Å². The number of rotatable bonds is 8. The maximum absolute atomic E-state index is 12.1. The SMILES string of the molecule is CCOC(=O)C(CCC(C)(C)C)NCc1cccc(C(=O)O)c1. The zero-order chi connectivity index (χ0) is 17.5. The van der Waals surface area contributed by atoms with Gasteiger partial charge in [0.25, 0.3) is 0 Å². The number of carboxylic acids is 1. The fourth-order valence-electron chi connectivity index (χ4n) is 2.18. The Balaban J connectivity index is 2.71. The number of esters is 1. The summed E-state index contributed by atoms with van der Waals surface area (Å²) in [6, 6.07) is 6.32. The second kappa shape index (κ2) is 8.67. The van der Waals surface area contributed by atoms with Gasteiger partial charge >= 0.3 is 11.9 Å². The maximum Gasteiger partial charge on any atom is 0.335 e. The molecule has 0 aliphatic heterocycles. The monoisotopic (exact) mass is 321 g/mol. The first-order chi connectivity index (χ1) is 10.7. The van der Waals surface area contributed by atoms with Crippen LogP contribution in [0.5, 0.6) is 0 Å². The number of carboxylic acid groups (broad SMARTS) is 1. The lowest BCUT2D eigenvalue weighted by molar-refractivity contribution is -0.146. The molecular formula is C18H27NO4. The van der Waals surface area contributed by atoms with Gasteiger partial charge in [0.15, 0.2) is 0 Å². The van der Waals surface area contributed by atoms with Crippen LogP contribution in [0.15, 0.2) is 24.3 Å². The molecule has 1 aromatic carbocycles. The Hall–Kier alpha value is -1.88. The number of hydrogen-bond donors (Lipinski definition) is 2. The predicted octanol–water partition coefficient (Wildman–Crippen LogP) is 3.23. The standard InChI is InChI=1S/C18H27NO4/c1-5-23-17(22)15(9-10-18(2,3)4)19-12-13-7-6-8-14(11-13)16(20)21/h6-8,11,15,19H,5,9-10,12H2,1-4H3,(H,20,21). The lowest BCUT2D eigenvalue weighted by atomic mass is 9.88. The highest BCUT2D eigenvalue weighted by Crippen LogP contribution is 2.22. The van der Waals surface area contributed by atoms with E-state index < -0.39 is 5.97 Å². The van der Waals surface area contributed by atoms with Crippen LogP contribution in [0.25, 0.3) is 0 Å². The third kappa shape index (κ3) is 7.28. The molecule has 2 N–H and O–H groups in total. The van der Waals surface area contributed by atoms with Gasteiger partial charge in [0.1, 0.15) is 6.04 Å².